The summed E-state index contributed by atoms with van der Waals surface area (Å²) in [4.78, 5) is 11.2. The number of hydrogen-bond acceptors (Lipinski definition) is 2. The fourth-order valence-corrected chi connectivity index (χ4v) is 1.80. The monoisotopic (exact) mass is 191 g/mol. The van der Waals surface area contributed by atoms with E-state index in [1.165, 1.54) is 0 Å². The Balaban J connectivity index is 2.54. The van der Waals surface area contributed by atoms with Gasteiger partial charge in [-0.1, -0.05) is 6.07 Å². The van der Waals surface area contributed by atoms with Gasteiger partial charge in [-0.2, -0.15) is 0 Å². The lowest BCUT2D eigenvalue weighted by atomic mass is 9.98. The molecule has 14 heavy (non-hydrogen) atoms. The molecule has 3 nitrogen and oxygen atoms in total. The molecule has 0 unspecified atom stereocenters. The number of hydrogen-bond donors (Lipinski definition) is 1. The van der Waals surface area contributed by atoms with E-state index in [0.29, 0.717) is 6.42 Å². The van der Waals surface area contributed by atoms with Crippen molar-refractivity contribution >= 4 is 11.6 Å². The normalized spacial score (nSPS) is 14.6. The van der Waals surface area contributed by atoms with E-state index in [1.54, 1.807) is 7.11 Å². The van der Waals surface area contributed by atoms with Gasteiger partial charge >= 0.3 is 0 Å². The van der Waals surface area contributed by atoms with E-state index >= 15 is 0 Å². The standard InChI is InChI=1S/C11H13NO2/c1-7-3-5-9(14-2)8-4-6-10(13)12-11(7)8/h3,5H,4,6H2,1-2H3,(H,12,13). The molecule has 1 aliphatic heterocycles. The summed E-state index contributed by atoms with van der Waals surface area (Å²) in [6, 6.07) is 3.91. The molecule has 1 heterocycles. The van der Waals surface area contributed by atoms with Crippen LogP contribution in [-0.4, -0.2) is 13.0 Å². The van der Waals surface area contributed by atoms with E-state index in [2.05, 4.69) is 5.32 Å². The molecule has 0 saturated heterocycles. The molecular formula is C11H13NO2. The summed E-state index contributed by atoms with van der Waals surface area (Å²) in [5.74, 6) is 0.958. The fourth-order valence-electron chi connectivity index (χ4n) is 1.80. The number of benzene rings is 1. The highest BCUT2D eigenvalue weighted by Gasteiger charge is 2.19. The van der Waals surface area contributed by atoms with Gasteiger partial charge in [-0.3, -0.25) is 4.79 Å². The van der Waals surface area contributed by atoms with E-state index in [9.17, 15) is 4.79 Å². The smallest absolute Gasteiger partial charge is 0.224 e. The maximum Gasteiger partial charge on any atom is 0.224 e. The molecule has 74 valence electrons. The van der Waals surface area contributed by atoms with Crippen LogP contribution in [0.2, 0.25) is 0 Å². The van der Waals surface area contributed by atoms with Gasteiger partial charge in [0.05, 0.1) is 12.8 Å². The van der Waals surface area contributed by atoms with E-state index in [-0.39, 0.29) is 5.91 Å². The maximum absolute atomic E-state index is 11.2. The molecular weight excluding hydrogens is 178 g/mol. The quantitative estimate of drug-likeness (QED) is 0.736. The average Bonchev–Trinajstić information content (AvgIpc) is 2.19. The Morgan fingerprint density at radius 2 is 2.14 bits per heavy atom. The van der Waals surface area contributed by atoms with E-state index < -0.39 is 0 Å². The Bertz CT molecular complexity index is 385. The van der Waals surface area contributed by atoms with Gasteiger partial charge in [0.25, 0.3) is 0 Å². The van der Waals surface area contributed by atoms with Gasteiger partial charge < -0.3 is 10.1 Å². The average molecular weight is 191 g/mol. The molecule has 0 aliphatic carbocycles. The number of ether oxygens (including phenoxy) is 1. The highest BCUT2D eigenvalue weighted by atomic mass is 16.5. The van der Waals surface area contributed by atoms with E-state index in [1.807, 2.05) is 19.1 Å². The largest absolute Gasteiger partial charge is 0.496 e. The molecule has 0 saturated carbocycles. The minimum atomic E-state index is 0.0915. The van der Waals surface area contributed by atoms with Crippen LogP contribution in [0.1, 0.15) is 17.5 Å². The number of anilines is 1. The second kappa shape index (κ2) is 3.33. The van der Waals surface area contributed by atoms with Crippen molar-refractivity contribution in [2.45, 2.75) is 19.8 Å². The summed E-state index contributed by atoms with van der Waals surface area (Å²) in [5, 5.41) is 2.88. The van der Waals surface area contributed by atoms with Crippen molar-refractivity contribution in [2.75, 3.05) is 12.4 Å². The molecule has 1 aliphatic rings. The number of fused-ring (bicyclic) bond motifs is 1. The van der Waals surface area contributed by atoms with Crippen LogP contribution in [0.3, 0.4) is 0 Å². The Morgan fingerprint density at radius 1 is 1.36 bits per heavy atom. The van der Waals surface area contributed by atoms with Gasteiger partial charge in [0.2, 0.25) is 5.91 Å². The first kappa shape index (κ1) is 9.06. The van der Waals surface area contributed by atoms with Crippen molar-refractivity contribution < 1.29 is 9.53 Å². The molecule has 0 bridgehead atoms. The summed E-state index contributed by atoms with van der Waals surface area (Å²) in [6.45, 7) is 1.99. The molecule has 0 spiro atoms. The van der Waals surface area contributed by atoms with Crippen LogP contribution in [0, 0.1) is 6.92 Å². The van der Waals surface area contributed by atoms with Crippen molar-refractivity contribution in [3.63, 3.8) is 0 Å². The van der Waals surface area contributed by atoms with Crippen LogP contribution in [0.25, 0.3) is 0 Å². The zero-order valence-electron chi connectivity index (χ0n) is 8.39. The van der Waals surface area contributed by atoms with Gasteiger partial charge in [-0.15, -0.1) is 0 Å². The first-order valence-electron chi connectivity index (χ1n) is 4.68. The topological polar surface area (TPSA) is 38.3 Å². The van der Waals surface area contributed by atoms with Gasteiger partial charge in [0, 0.05) is 12.0 Å². The fraction of sp³-hybridized carbons (Fsp3) is 0.364. The number of methoxy groups -OCH3 is 1. The van der Waals surface area contributed by atoms with Crippen LogP contribution in [0.15, 0.2) is 12.1 Å². The Hall–Kier alpha value is -1.51. The van der Waals surface area contributed by atoms with Gasteiger partial charge in [0.1, 0.15) is 5.75 Å². The Labute approximate surface area is 83.1 Å². The second-order valence-electron chi connectivity index (χ2n) is 3.49. The molecule has 0 radical (unpaired) electrons. The zero-order valence-corrected chi connectivity index (χ0v) is 8.39. The number of rotatable bonds is 1. The summed E-state index contributed by atoms with van der Waals surface area (Å²) < 4.78 is 5.25. The van der Waals surface area contributed by atoms with E-state index in [0.717, 1.165) is 29.0 Å². The zero-order chi connectivity index (χ0) is 10.1. The van der Waals surface area contributed by atoms with Crippen LogP contribution < -0.4 is 10.1 Å². The molecule has 1 aromatic rings. The van der Waals surface area contributed by atoms with Crippen molar-refractivity contribution in [1.82, 2.24) is 0 Å². The lowest BCUT2D eigenvalue weighted by Gasteiger charge is -2.21. The lowest BCUT2D eigenvalue weighted by Crippen LogP contribution is -2.20. The highest BCUT2D eigenvalue weighted by molar-refractivity contribution is 5.95. The number of aryl methyl sites for hydroxylation is 1. The molecule has 3 heteroatoms. The number of nitrogens with one attached hydrogen (secondary N) is 1. The summed E-state index contributed by atoms with van der Waals surface area (Å²) in [5.41, 5.74) is 3.14. The molecule has 2 rings (SSSR count). The van der Waals surface area contributed by atoms with Gasteiger partial charge in [0.15, 0.2) is 0 Å². The Morgan fingerprint density at radius 3 is 2.86 bits per heavy atom. The van der Waals surface area contributed by atoms with Crippen LogP contribution in [0.4, 0.5) is 5.69 Å². The summed E-state index contributed by atoms with van der Waals surface area (Å²) in [7, 11) is 1.65. The van der Waals surface area contributed by atoms with Crippen molar-refractivity contribution in [3.05, 3.63) is 23.3 Å². The number of carbonyl (C=O) groups excluding carboxylic acids is 1. The number of carbonyl (C=O) groups is 1. The minimum absolute atomic E-state index is 0.0915. The summed E-state index contributed by atoms with van der Waals surface area (Å²) >= 11 is 0. The first-order valence-corrected chi connectivity index (χ1v) is 4.68. The third kappa shape index (κ3) is 1.35. The van der Waals surface area contributed by atoms with E-state index in [4.69, 9.17) is 4.74 Å². The lowest BCUT2D eigenvalue weighted by molar-refractivity contribution is -0.116. The molecule has 1 amide bonds. The predicted molar refractivity (Wildman–Crippen MR) is 54.7 cm³/mol. The summed E-state index contributed by atoms with van der Waals surface area (Å²) in [6.07, 6.45) is 1.32. The van der Waals surface area contributed by atoms with Gasteiger partial charge in [-0.25, -0.2) is 0 Å². The van der Waals surface area contributed by atoms with Gasteiger partial charge in [-0.05, 0) is 25.0 Å². The van der Waals surface area contributed by atoms with Crippen molar-refractivity contribution in [2.24, 2.45) is 0 Å². The SMILES string of the molecule is COc1ccc(C)c2c1CCC(=O)N2. The minimum Gasteiger partial charge on any atom is -0.496 e. The van der Waals surface area contributed by atoms with Crippen molar-refractivity contribution in [3.8, 4) is 5.75 Å². The van der Waals surface area contributed by atoms with Crippen LogP contribution in [0.5, 0.6) is 5.75 Å². The van der Waals surface area contributed by atoms with Crippen LogP contribution >= 0.6 is 0 Å². The molecule has 0 fully saturated rings. The van der Waals surface area contributed by atoms with Crippen LogP contribution in [-0.2, 0) is 11.2 Å². The predicted octanol–water partition coefficient (Wildman–Crippen LogP) is 1.89. The molecule has 0 aromatic heterocycles. The third-order valence-electron chi connectivity index (χ3n) is 2.56. The maximum atomic E-state index is 11.2. The number of amides is 1. The second-order valence-corrected chi connectivity index (χ2v) is 3.49. The third-order valence-corrected chi connectivity index (χ3v) is 2.56. The first-order chi connectivity index (χ1) is 6.72. The molecule has 0 atom stereocenters. The highest BCUT2D eigenvalue weighted by Crippen LogP contribution is 2.33. The molecule has 1 aromatic carbocycles. The molecule has 1 N–H and O–H groups in total. The Kier molecular flexibility index (Phi) is 2.15. The van der Waals surface area contributed by atoms with Crippen molar-refractivity contribution in [1.29, 1.82) is 0 Å².